The van der Waals surface area contributed by atoms with Crippen molar-refractivity contribution in [2.75, 3.05) is 0 Å². The van der Waals surface area contributed by atoms with Gasteiger partial charge in [-0.3, -0.25) is 4.98 Å². The van der Waals surface area contributed by atoms with Crippen LogP contribution in [0.15, 0.2) is 24.9 Å². The average molecular weight is 162 g/mol. The minimum Gasteiger partial charge on any atom is -0.399 e. The van der Waals surface area contributed by atoms with Crippen LogP contribution in [-0.2, 0) is 6.42 Å². The summed E-state index contributed by atoms with van der Waals surface area (Å²) < 4.78 is 0. The maximum absolute atomic E-state index is 5.56. The SMILES string of the molecule is C=C(N)c1ccnc(CCC)c1. The van der Waals surface area contributed by atoms with Gasteiger partial charge in [0, 0.05) is 23.2 Å². The molecule has 12 heavy (non-hydrogen) atoms. The Morgan fingerprint density at radius 3 is 3.00 bits per heavy atom. The largest absolute Gasteiger partial charge is 0.399 e. The van der Waals surface area contributed by atoms with Crippen LogP contribution < -0.4 is 5.73 Å². The van der Waals surface area contributed by atoms with Crippen LogP contribution in [0.5, 0.6) is 0 Å². The molecular formula is C10H14N2. The number of aryl methyl sites for hydroxylation is 1. The van der Waals surface area contributed by atoms with Crippen molar-refractivity contribution < 1.29 is 0 Å². The molecule has 2 heteroatoms. The molecule has 0 amide bonds. The van der Waals surface area contributed by atoms with E-state index in [0.29, 0.717) is 5.70 Å². The lowest BCUT2D eigenvalue weighted by Gasteiger charge is -2.01. The van der Waals surface area contributed by atoms with Crippen LogP contribution in [0, 0.1) is 0 Å². The van der Waals surface area contributed by atoms with E-state index >= 15 is 0 Å². The van der Waals surface area contributed by atoms with Crippen LogP contribution in [0.2, 0.25) is 0 Å². The highest BCUT2D eigenvalue weighted by Crippen LogP contribution is 2.08. The smallest absolute Gasteiger partial charge is 0.0410 e. The third kappa shape index (κ3) is 2.09. The number of pyridine rings is 1. The summed E-state index contributed by atoms with van der Waals surface area (Å²) in [6.07, 6.45) is 3.88. The second-order valence-electron chi connectivity index (χ2n) is 2.81. The molecule has 2 N–H and O–H groups in total. The molecule has 0 aromatic carbocycles. The minimum absolute atomic E-state index is 0.606. The molecule has 0 aliphatic heterocycles. The molecular weight excluding hydrogens is 148 g/mol. The van der Waals surface area contributed by atoms with Gasteiger partial charge in [-0.1, -0.05) is 19.9 Å². The van der Waals surface area contributed by atoms with E-state index in [1.165, 1.54) is 0 Å². The predicted octanol–water partition coefficient (Wildman–Crippen LogP) is 1.96. The lowest BCUT2D eigenvalue weighted by molar-refractivity contribution is 0.881. The van der Waals surface area contributed by atoms with Gasteiger partial charge in [-0.15, -0.1) is 0 Å². The summed E-state index contributed by atoms with van der Waals surface area (Å²) in [6, 6.07) is 3.87. The van der Waals surface area contributed by atoms with Gasteiger partial charge in [0.15, 0.2) is 0 Å². The molecule has 0 atom stereocenters. The van der Waals surface area contributed by atoms with Crippen molar-refractivity contribution in [1.82, 2.24) is 4.98 Å². The number of aromatic nitrogens is 1. The van der Waals surface area contributed by atoms with Crippen LogP contribution in [0.1, 0.15) is 24.6 Å². The zero-order valence-corrected chi connectivity index (χ0v) is 7.38. The van der Waals surface area contributed by atoms with Gasteiger partial charge in [0.2, 0.25) is 0 Å². The van der Waals surface area contributed by atoms with Crippen molar-refractivity contribution in [3.63, 3.8) is 0 Å². The second kappa shape index (κ2) is 3.90. The zero-order chi connectivity index (χ0) is 8.97. The van der Waals surface area contributed by atoms with Gasteiger partial charge < -0.3 is 5.73 Å². The summed E-state index contributed by atoms with van der Waals surface area (Å²) in [5.41, 5.74) is 8.23. The molecule has 1 aromatic rings. The van der Waals surface area contributed by atoms with E-state index in [2.05, 4.69) is 18.5 Å². The minimum atomic E-state index is 0.606. The first-order valence-corrected chi connectivity index (χ1v) is 4.13. The van der Waals surface area contributed by atoms with Crippen molar-refractivity contribution in [3.8, 4) is 0 Å². The van der Waals surface area contributed by atoms with Gasteiger partial charge in [0.1, 0.15) is 0 Å². The number of nitrogens with zero attached hydrogens (tertiary/aromatic N) is 1. The predicted molar refractivity (Wildman–Crippen MR) is 51.5 cm³/mol. The van der Waals surface area contributed by atoms with Crippen LogP contribution in [0.3, 0.4) is 0 Å². The molecule has 2 nitrogen and oxygen atoms in total. The Kier molecular flexibility index (Phi) is 2.86. The summed E-state index contributed by atoms with van der Waals surface area (Å²) in [7, 11) is 0. The van der Waals surface area contributed by atoms with Gasteiger partial charge in [-0.05, 0) is 18.6 Å². The Labute approximate surface area is 73.1 Å². The van der Waals surface area contributed by atoms with Crippen molar-refractivity contribution >= 4 is 5.70 Å². The first kappa shape index (κ1) is 8.78. The zero-order valence-electron chi connectivity index (χ0n) is 7.38. The van der Waals surface area contributed by atoms with Crippen LogP contribution >= 0.6 is 0 Å². The Bertz CT molecular complexity index is 279. The van der Waals surface area contributed by atoms with E-state index in [0.717, 1.165) is 24.1 Å². The van der Waals surface area contributed by atoms with Gasteiger partial charge >= 0.3 is 0 Å². The molecule has 0 unspecified atom stereocenters. The molecule has 0 spiro atoms. The van der Waals surface area contributed by atoms with Crippen LogP contribution in [0.4, 0.5) is 0 Å². The first-order chi connectivity index (χ1) is 5.74. The number of hydrogen-bond donors (Lipinski definition) is 1. The van der Waals surface area contributed by atoms with Crippen molar-refractivity contribution in [1.29, 1.82) is 0 Å². The van der Waals surface area contributed by atoms with E-state index in [9.17, 15) is 0 Å². The molecule has 1 heterocycles. The summed E-state index contributed by atoms with van der Waals surface area (Å²) >= 11 is 0. The number of hydrogen-bond acceptors (Lipinski definition) is 2. The van der Waals surface area contributed by atoms with E-state index in [1.54, 1.807) is 6.20 Å². The summed E-state index contributed by atoms with van der Waals surface area (Å²) in [5, 5.41) is 0. The number of nitrogens with two attached hydrogens (primary N) is 1. The second-order valence-corrected chi connectivity index (χ2v) is 2.81. The molecule has 1 aromatic heterocycles. The first-order valence-electron chi connectivity index (χ1n) is 4.13. The Hall–Kier alpha value is -1.31. The van der Waals surface area contributed by atoms with Crippen molar-refractivity contribution in [2.45, 2.75) is 19.8 Å². The van der Waals surface area contributed by atoms with Gasteiger partial charge in [0.05, 0.1) is 0 Å². The Morgan fingerprint density at radius 2 is 2.42 bits per heavy atom. The molecule has 0 fully saturated rings. The molecule has 0 aliphatic rings. The third-order valence-electron chi connectivity index (χ3n) is 1.69. The van der Waals surface area contributed by atoms with E-state index < -0.39 is 0 Å². The van der Waals surface area contributed by atoms with Gasteiger partial charge in [-0.25, -0.2) is 0 Å². The standard InChI is InChI=1S/C10H14N2/c1-3-4-10-7-9(8(2)11)5-6-12-10/h5-7H,2-4,11H2,1H3. The highest BCUT2D eigenvalue weighted by molar-refractivity contribution is 5.59. The quantitative estimate of drug-likeness (QED) is 0.738. The van der Waals surface area contributed by atoms with E-state index in [4.69, 9.17) is 5.73 Å². The fourth-order valence-corrected chi connectivity index (χ4v) is 1.07. The maximum Gasteiger partial charge on any atom is 0.0410 e. The molecule has 0 bridgehead atoms. The highest BCUT2D eigenvalue weighted by atomic mass is 14.7. The van der Waals surface area contributed by atoms with Gasteiger partial charge in [0.25, 0.3) is 0 Å². The number of rotatable bonds is 3. The van der Waals surface area contributed by atoms with Gasteiger partial charge in [-0.2, -0.15) is 0 Å². The Morgan fingerprint density at radius 1 is 1.67 bits per heavy atom. The van der Waals surface area contributed by atoms with Crippen molar-refractivity contribution in [2.24, 2.45) is 5.73 Å². The monoisotopic (exact) mass is 162 g/mol. The molecule has 0 saturated heterocycles. The molecule has 0 radical (unpaired) electrons. The lowest BCUT2D eigenvalue weighted by atomic mass is 10.1. The lowest BCUT2D eigenvalue weighted by Crippen LogP contribution is -1.96. The third-order valence-corrected chi connectivity index (χ3v) is 1.69. The average Bonchev–Trinajstić information content (AvgIpc) is 2.05. The van der Waals surface area contributed by atoms with E-state index in [-0.39, 0.29) is 0 Å². The molecule has 0 aliphatic carbocycles. The topological polar surface area (TPSA) is 38.9 Å². The van der Waals surface area contributed by atoms with E-state index in [1.807, 2.05) is 12.1 Å². The summed E-state index contributed by atoms with van der Waals surface area (Å²) in [5.74, 6) is 0. The maximum atomic E-state index is 5.56. The van der Waals surface area contributed by atoms with Crippen LogP contribution in [-0.4, -0.2) is 4.98 Å². The molecule has 64 valence electrons. The van der Waals surface area contributed by atoms with Crippen LogP contribution in [0.25, 0.3) is 5.70 Å². The summed E-state index contributed by atoms with van der Waals surface area (Å²) in [6.45, 7) is 5.81. The fraction of sp³-hybridized carbons (Fsp3) is 0.300. The fourth-order valence-electron chi connectivity index (χ4n) is 1.07. The Balaban J connectivity index is 2.88. The highest BCUT2D eigenvalue weighted by Gasteiger charge is 1.96. The molecule has 1 rings (SSSR count). The van der Waals surface area contributed by atoms with Crippen molar-refractivity contribution in [3.05, 3.63) is 36.2 Å². The molecule has 0 saturated carbocycles. The normalized spacial score (nSPS) is 9.75. The summed E-state index contributed by atoms with van der Waals surface area (Å²) in [4.78, 5) is 4.21.